The lowest BCUT2D eigenvalue weighted by Gasteiger charge is -2.09. The number of nitrogens with one attached hydrogen (secondary N) is 2. The van der Waals surface area contributed by atoms with Crippen LogP contribution in [-0.2, 0) is 9.59 Å². The lowest BCUT2D eigenvalue weighted by atomic mass is 10.3. The molecule has 0 saturated carbocycles. The van der Waals surface area contributed by atoms with Crippen molar-refractivity contribution in [3.63, 3.8) is 0 Å². The maximum Gasteiger partial charge on any atom is 0.258 e. The summed E-state index contributed by atoms with van der Waals surface area (Å²) < 4.78 is 10.6. The molecule has 0 heterocycles. The Kier molecular flexibility index (Phi) is 8.47. The van der Waals surface area contributed by atoms with Gasteiger partial charge in [-0.05, 0) is 31.2 Å². The van der Waals surface area contributed by atoms with E-state index in [1.807, 2.05) is 6.92 Å². The lowest BCUT2D eigenvalue weighted by Crippen LogP contribution is -2.38. The number of hydrogen-bond donors (Lipinski definition) is 2. The molecular formula is C14H18Cl2N2O4. The highest BCUT2D eigenvalue weighted by Crippen LogP contribution is 2.17. The van der Waals surface area contributed by atoms with Crippen molar-refractivity contribution in [2.24, 2.45) is 0 Å². The molecule has 0 atom stereocenters. The lowest BCUT2D eigenvalue weighted by molar-refractivity contribution is -0.123. The zero-order valence-corrected chi connectivity index (χ0v) is 13.6. The Morgan fingerprint density at radius 2 is 1.59 bits per heavy atom. The van der Waals surface area contributed by atoms with Crippen LogP contribution in [-0.4, -0.2) is 43.0 Å². The van der Waals surface area contributed by atoms with Gasteiger partial charge in [0, 0.05) is 13.1 Å². The summed E-state index contributed by atoms with van der Waals surface area (Å²) >= 11 is 10.7. The molecule has 22 heavy (non-hydrogen) atoms. The second-order valence-corrected chi connectivity index (χ2v) is 5.23. The van der Waals surface area contributed by atoms with Gasteiger partial charge in [0.05, 0.1) is 6.61 Å². The Hall–Kier alpha value is -1.66. The summed E-state index contributed by atoms with van der Waals surface area (Å²) in [4.78, 5) is 21.5. The molecular weight excluding hydrogens is 331 g/mol. The molecule has 8 heteroatoms. The van der Waals surface area contributed by atoms with Gasteiger partial charge in [-0.3, -0.25) is 9.59 Å². The van der Waals surface area contributed by atoms with Gasteiger partial charge in [-0.15, -0.1) is 0 Å². The second-order valence-electron chi connectivity index (χ2n) is 4.13. The van der Waals surface area contributed by atoms with Gasteiger partial charge < -0.3 is 20.1 Å². The van der Waals surface area contributed by atoms with Gasteiger partial charge in [0.25, 0.3) is 11.8 Å². The van der Waals surface area contributed by atoms with Gasteiger partial charge in [-0.25, -0.2) is 0 Å². The maximum atomic E-state index is 11.5. The van der Waals surface area contributed by atoms with Crippen LogP contribution in [0, 0.1) is 0 Å². The number of benzene rings is 1. The molecule has 2 amide bonds. The van der Waals surface area contributed by atoms with E-state index in [1.54, 1.807) is 24.3 Å². The molecule has 0 aromatic heterocycles. The van der Waals surface area contributed by atoms with Crippen LogP contribution in [0.25, 0.3) is 0 Å². The van der Waals surface area contributed by atoms with Crippen molar-refractivity contribution in [2.75, 3.05) is 26.3 Å². The van der Waals surface area contributed by atoms with Crippen LogP contribution >= 0.6 is 23.2 Å². The standard InChI is InChI=1S/C14H18Cl2N2O4/c1-2-21-10-3-5-11(6-4-10)22-9-12(19)17-7-8-18-14(20)13(15)16/h3-6,13H,2,7-9H2,1H3,(H,17,19)(H,18,20). The number of carbonyl (C=O) groups is 2. The van der Waals surface area contributed by atoms with E-state index in [2.05, 4.69) is 10.6 Å². The molecule has 1 aromatic carbocycles. The molecule has 0 aliphatic heterocycles. The minimum absolute atomic E-state index is 0.116. The van der Waals surface area contributed by atoms with Gasteiger partial charge in [0.15, 0.2) is 11.4 Å². The maximum absolute atomic E-state index is 11.5. The molecule has 0 fully saturated rings. The van der Waals surface area contributed by atoms with E-state index in [1.165, 1.54) is 0 Å². The molecule has 6 nitrogen and oxygen atoms in total. The molecule has 0 bridgehead atoms. The fourth-order valence-electron chi connectivity index (χ4n) is 1.46. The van der Waals surface area contributed by atoms with Crippen LogP contribution < -0.4 is 20.1 Å². The van der Waals surface area contributed by atoms with Crippen LogP contribution in [0.2, 0.25) is 0 Å². The minimum Gasteiger partial charge on any atom is -0.494 e. The number of alkyl halides is 2. The third kappa shape index (κ3) is 7.38. The molecule has 0 unspecified atom stereocenters. The van der Waals surface area contributed by atoms with E-state index >= 15 is 0 Å². The molecule has 1 aromatic rings. The molecule has 2 N–H and O–H groups in total. The fourth-order valence-corrected chi connectivity index (χ4v) is 1.62. The van der Waals surface area contributed by atoms with Crippen molar-refractivity contribution in [3.05, 3.63) is 24.3 Å². The van der Waals surface area contributed by atoms with E-state index in [0.29, 0.717) is 12.4 Å². The Morgan fingerprint density at radius 1 is 1.05 bits per heavy atom. The van der Waals surface area contributed by atoms with Crippen molar-refractivity contribution < 1.29 is 19.1 Å². The fraction of sp³-hybridized carbons (Fsp3) is 0.429. The first-order valence-electron chi connectivity index (χ1n) is 6.71. The molecule has 0 saturated heterocycles. The third-order valence-corrected chi connectivity index (χ3v) is 2.85. The van der Waals surface area contributed by atoms with Crippen molar-refractivity contribution in [1.82, 2.24) is 10.6 Å². The van der Waals surface area contributed by atoms with E-state index in [0.717, 1.165) is 5.75 Å². The van der Waals surface area contributed by atoms with Crippen LogP contribution in [0.15, 0.2) is 24.3 Å². The van der Waals surface area contributed by atoms with E-state index in [4.69, 9.17) is 32.7 Å². The monoisotopic (exact) mass is 348 g/mol. The highest BCUT2D eigenvalue weighted by Gasteiger charge is 2.10. The van der Waals surface area contributed by atoms with Gasteiger partial charge >= 0.3 is 0 Å². The van der Waals surface area contributed by atoms with Gasteiger partial charge in [-0.2, -0.15) is 0 Å². The van der Waals surface area contributed by atoms with Crippen molar-refractivity contribution in [3.8, 4) is 11.5 Å². The van der Waals surface area contributed by atoms with E-state index in [9.17, 15) is 9.59 Å². The SMILES string of the molecule is CCOc1ccc(OCC(=O)NCCNC(=O)C(Cl)Cl)cc1. The van der Waals surface area contributed by atoms with Crippen molar-refractivity contribution in [2.45, 2.75) is 11.8 Å². The number of amides is 2. The second kappa shape index (κ2) is 10.1. The summed E-state index contributed by atoms with van der Waals surface area (Å²) in [5, 5.41) is 5.05. The molecule has 0 radical (unpaired) electrons. The molecule has 0 aliphatic carbocycles. The molecule has 0 aliphatic rings. The first-order chi connectivity index (χ1) is 10.5. The van der Waals surface area contributed by atoms with Crippen LogP contribution in [0.3, 0.4) is 0 Å². The Balaban J connectivity index is 2.18. The van der Waals surface area contributed by atoms with Crippen molar-refractivity contribution >= 4 is 35.0 Å². The van der Waals surface area contributed by atoms with E-state index < -0.39 is 10.7 Å². The smallest absolute Gasteiger partial charge is 0.258 e. The molecule has 0 spiro atoms. The van der Waals surface area contributed by atoms with Gasteiger partial charge in [0.1, 0.15) is 11.5 Å². The quantitative estimate of drug-likeness (QED) is 0.523. The molecule has 122 valence electrons. The Morgan fingerprint density at radius 3 is 2.14 bits per heavy atom. The zero-order valence-electron chi connectivity index (χ0n) is 12.1. The summed E-state index contributed by atoms with van der Waals surface area (Å²) in [5.41, 5.74) is 0. The highest BCUT2D eigenvalue weighted by molar-refractivity contribution is 6.53. The van der Waals surface area contributed by atoms with Gasteiger partial charge in [0.2, 0.25) is 0 Å². The highest BCUT2D eigenvalue weighted by atomic mass is 35.5. The number of rotatable bonds is 9. The zero-order chi connectivity index (χ0) is 16.4. The summed E-state index contributed by atoms with van der Waals surface area (Å²) in [7, 11) is 0. The number of ether oxygens (including phenoxy) is 2. The minimum atomic E-state index is -1.11. The van der Waals surface area contributed by atoms with Crippen molar-refractivity contribution in [1.29, 1.82) is 0 Å². The largest absolute Gasteiger partial charge is 0.494 e. The number of carbonyl (C=O) groups excluding carboxylic acids is 2. The Labute approximate surface area is 139 Å². The first-order valence-corrected chi connectivity index (χ1v) is 7.58. The normalized spacial score (nSPS) is 10.2. The Bertz CT molecular complexity index is 480. The molecule has 1 rings (SSSR count). The van der Waals surface area contributed by atoms with Crippen LogP contribution in [0.4, 0.5) is 0 Å². The van der Waals surface area contributed by atoms with Crippen LogP contribution in [0.1, 0.15) is 6.92 Å². The third-order valence-electron chi connectivity index (χ3n) is 2.45. The predicted octanol–water partition coefficient (Wildman–Crippen LogP) is 1.50. The predicted molar refractivity (Wildman–Crippen MR) is 84.6 cm³/mol. The summed E-state index contributed by atoms with van der Waals surface area (Å²) in [6.07, 6.45) is 0. The average molecular weight is 349 g/mol. The van der Waals surface area contributed by atoms with Gasteiger partial charge in [-0.1, -0.05) is 23.2 Å². The first kappa shape index (κ1) is 18.4. The topological polar surface area (TPSA) is 76.7 Å². The van der Waals surface area contributed by atoms with E-state index in [-0.39, 0.29) is 25.6 Å². The average Bonchev–Trinajstić information content (AvgIpc) is 2.50. The number of hydrogen-bond acceptors (Lipinski definition) is 4. The summed E-state index contributed by atoms with van der Waals surface area (Å²) in [5.74, 6) is 0.519. The summed E-state index contributed by atoms with van der Waals surface area (Å²) in [6, 6.07) is 6.97. The van der Waals surface area contributed by atoms with Crippen LogP contribution in [0.5, 0.6) is 11.5 Å². The number of halogens is 2. The summed E-state index contributed by atoms with van der Waals surface area (Å²) in [6.45, 7) is 2.88.